The Morgan fingerprint density at radius 1 is 1.25 bits per heavy atom. The number of hydrogen-bond acceptors (Lipinski definition) is 3. The van der Waals surface area contributed by atoms with E-state index in [1.54, 1.807) is 7.11 Å². The van der Waals surface area contributed by atoms with Crippen molar-refractivity contribution in [1.29, 1.82) is 0 Å². The fraction of sp³-hybridized carbons (Fsp3) is 0.647. The van der Waals surface area contributed by atoms with Gasteiger partial charge in [-0.1, -0.05) is 32.9 Å². The largest absolute Gasteiger partial charge is 0.497 e. The van der Waals surface area contributed by atoms with Crippen LogP contribution in [-0.2, 0) is 6.42 Å². The fourth-order valence-corrected chi connectivity index (χ4v) is 2.43. The lowest BCUT2D eigenvalue weighted by molar-refractivity contribution is 0.147. The molecule has 0 aromatic heterocycles. The highest BCUT2D eigenvalue weighted by molar-refractivity contribution is 5.27. The normalized spacial score (nSPS) is 13.6. The van der Waals surface area contributed by atoms with Gasteiger partial charge in [0.05, 0.1) is 7.11 Å². The topological polar surface area (TPSA) is 38.5 Å². The van der Waals surface area contributed by atoms with Gasteiger partial charge in [-0.05, 0) is 49.5 Å². The van der Waals surface area contributed by atoms with Crippen molar-refractivity contribution < 1.29 is 4.74 Å². The standard InChI is InChI=1S/C17H30N2O/c1-6-19(13-17(3,4)12-18)14(2)11-15-7-9-16(20-5)10-8-15/h7-10,14H,6,11-13,18H2,1-5H3. The number of hydrogen-bond donors (Lipinski definition) is 1. The van der Waals surface area contributed by atoms with Crippen molar-refractivity contribution >= 4 is 0 Å². The van der Waals surface area contributed by atoms with Crippen LogP contribution in [-0.4, -0.2) is 37.7 Å². The van der Waals surface area contributed by atoms with Crippen LogP contribution < -0.4 is 10.5 Å². The van der Waals surface area contributed by atoms with E-state index in [2.05, 4.69) is 44.7 Å². The second-order valence-corrected chi connectivity index (χ2v) is 6.33. The van der Waals surface area contributed by atoms with Gasteiger partial charge in [-0.2, -0.15) is 0 Å². The molecule has 2 N–H and O–H groups in total. The molecule has 20 heavy (non-hydrogen) atoms. The predicted octanol–water partition coefficient (Wildman–Crippen LogP) is 2.93. The molecule has 0 fully saturated rings. The van der Waals surface area contributed by atoms with Gasteiger partial charge in [-0.15, -0.1) is 0 Å². The average molecular weight is 278 g/mol. The van der Waals surface area contributed by atoms with E-state index >= 15 is 0 Å². The van der Waals surface area contributed by atoms with Gasteiger partial charge in [0.1, 0.15) is 5.75 Å². The lowest BCUT2D eigenvalue weighted by atomic mass is 9.92. The van der Waals surface area contributed by atoms with E-state index in [0.717, 1.165) is 31.8 Å². The molecule has 0 saturated carbocycles. The summed E-state index contributed by atoms with van der Waals surface area (Å²) in [7, 11) is 1.70. The molecular weight excluding hydrogens is 248 g/mol. The van der Waals surface area contributed by atoms with Gasteiger partial charge < -0.3 is 15.4 Å². The Kier molecular flexibility index (Phi) is 6.50. The molecule has 0 bridgehead atoms. The number of ether oxygens (including phenoxy) is 1. The number of nitrogens with zero attached hydrogens (tertiary/aromatic N) is 1. The first-order chi connectivity index (χ1) is 9.41. The van der Waals surface area contributed by atoms with E-state index < -0.39 is 0 Å². The minimum Gasteiger partial charge on any atom is -0.497 e. The van der Waals surface area contributed by atoms with Crippen molar-refractivity contribution in [2.75, 3.05) is 26.7 Å². The van der Waals surface area contributed by atoms with Gasteiger partial charge in [0.15, 0.2) is 0 Å². The highest BCUT2D eigenvalue weighted by Crippen LogP contribution is 2.19. The maximum absolute atomic E-state index is 5.85. The maximum Gasteiger partial charge on any atom is 0.118 e. The van der Waals surface area contributed by atoms with Crippen LogP contribution >= 0.6 is 0 Å². The SMILES string of the molecule is CCN(CC(C)(C)CN)C(C)Cc1ccc(OC)cc1. The van der Waals surface area contributed by atoms with Crippen molar-refractivity contribution in [3.63, 3.8) is 0 Å². The summed E-state index contributed by atoms with van der Waals surface area (Å²) < 4.78 is 5.20. The minimum atomic E-state index is 0.171. The fourth-order valence-electron chi connectivity index (χ4n) is 2.43. The van der Waals surface area contributed by atoms with E-state index in [1.165, 1.54) is 5.56 Å². The third-order valence-corrected chi connectivity index (χ3v) is 3.90. The number of benzene rings is 1. The van der Waals surface area contributed by atoms with Crippen molar-refractivity contribution in [2.45, 2.75) is 40.2 Å². The van der Waals surface area contributed by atoms with Gasteiger partial charge in [-0.3, -0.25) is 0 Å². The Hall–Kier alpha value is -1.06. The van der Waals surface area contributed by atoms with Crippen molar-refractivity contribution in [3.8, 4) is 5.75 Å². The van der Waals surface area contributed by atoms with Gasteiger partial charge in [-0.25, -0.2) is 0 Å². The first-order valence-electron chi connectivity index (χ1n) is 7.49. The first kappa shape index (κ1) is 17.0. The molecule has 0 heterocycles. The molecule has 1 unspecified atom stereocenters. The van der Waals surface area contributed by atoms with Crippen molar-refractivity contribution in [1.82, 2.24) is 4.90 Å². The minimum absolute atomic E-state index is 0.171. The lowest BCUT2D eigenvalue weighted by Gasteiger charge is -2.35. The molecule has 0 aliphatic carbocycles. The molecule has 1 aromatic rings. The summed E-state index contributed by atoms with van der Waals surface area (Å²) in [6.45, 7) is 11.8. The van der Waals surface area contributed by atoms with E-state index in [1.807, 2.05) is 12.1 Å². The highest BCUT2D eigenvalue weighted by atomic mass is 16.5. The lowest BCUT2D eigenvalue weighted by Crippen LogP contribution is -2.43. The van der Waals surface area contributed by atoms with E-state index in [0.29, 0.717) is 6.04 Å². The summed E-state index contributed by atoms with van der Waals surface area (Å²) in [6, 6.07) is 8.87. The van der Waals surface area contributed by atoms with Crippen molar-refractivity contribution in [2.24, 2.45) is 11.1 Å². The first-order valence-corrected chi connectivity index (χ1v) is 7.49. The van der Waals surface area contributed by atoms with Crippen LogP contribution in [0.3, 0.4) is 0 Å². The zero-order valence-electron chi connectivity index (χ0n) is 13.6. The molecule has 1 atom stereocenters. The number of methoxy groups -OCH3 is 1. The molecule has 1 aromatic carbocycles. The number of likely N-dealkylation sites (N-methyl/N-ethyl adjacent to an activating group) is 1. The predicted molar refractivity (Wildman–Crippen MR) is 86.2 cm³/mol. The third kappa shape index (κ3) is 5.14. The molecule has 114 valence electrons. The average Bonchev–Trinajstić information content (AvgIpc) is 2.45. The van der Waals surface area contributed by atoms with Gasteiger partial charge in [0, 0.05) is 12.6 Å². The molecule has 3 nitrogen and oxygen atoms in total. The van der Waals surface area contributed by atoms with Crippen LogP contribution in [0.15, 0.2) is 24.3 Å². The molecule has 3 heteroatoms. The summed E-state index contributed by atoms with van der Waals surface area (Å²) in [5, 5.41) is 0. The zero-order chi connectivity index (χ0) is 15.2. The monoisotopic (exact) mass is 278 g/mol. The molecule has 0 radical (unpaired) electrons. The number of nitrogens with two attached hydrogens (primary N) is 1. The highest BCUT2D eigenvalue weighted by Gasteiger charge is 2.22. The molecule has 0 aliphatic heterocycles. The van der Waals surface area contributed by atoms with Gasteiger partial charge in [0.2, 0.25) is 0 Å². The molecular formula is C17H30N2O. The number of rotatable bonds is 8. The van der Waals surface area contributed by atoms with Crippen LogP contribution in [0, 0.1) is 5.41 Å². The zero-order valence-corrected chi connectivity index (χ0v) is 13.6. The second-order valence-electron chi connectivity index (χ2n) is 6.33. The van der Waals surface area contributed by atoms with Gasteiger partial charge in [0.25, 0.3) is 0 Å². The summed E-state index contributed by atoms with van der Waals surface area (Å²) >= 11 is 0. The third-order valence-electron chi connectivity index (χ3n) is 3.90. The quantitative estimate of drug-likeness (QED) is 0.794. The van der Waals surface area contributed by atoms with Crippen LogP contribution in [0.4, 0.5) is 0 Å². The second kappa shape index (κ2) is 7.65. The van der Waals surface area contributed by atoms with Gasteiger partial charge >= 0.3 is 0 Å². The van der Waals surface area contributed by atoms with Crippen LogP contribution in [0.2, 0.25) is 0 Å². The molecule has 0 saturated heterocycles. The van der Waals surface area contributed by atoms with E-state index in [9.17, 15) is 0 Å². The molecule has 0 spiro atoms. The Bertz CT molecular complexity index is 386. The Labute approximate surface area is 124 Å². The maximum atomic E-state index is 5.85. The Morgan fingerprint density at radius 2 is 1.85 bits per heavy atom. The molecule has 0 amide bonds. The summed E-state index contributed by atoms with van der Waals surface area (Å²) in [5.74, 6) is 0.915. The van der Waals surface area contributed by atoms with Crippen LogP contribution in [0.25, 0.3) is 0 Å². The Morgan fingerprint density at radius 3 is 2.30 bits per heavy atom. The van der Waals surface area contributed by atoms with E-state index in [-0.39, 0.29) is 5.41 Å². The van der Waals surface area contributed by atoms with Crippen LogP contribution in [0.1, 0.15) is 33.3 Å². The summed E-state index contributed by atoms with van der Waals surface area (Å²) in [6.07, 6.45) is 1.05. The van der Waals surface area contributed by atoms with Crippen LogP contribution in [0.5, 0.6) is 5.75 Å². The molecule has 0 aliphatic rings. The molecule has 1 rings (SSSR count). The van der Waals surface area contributed by atoms with Crippen molar-refractivity contribution in [3.05, 3.63) is 29.8 Å². The summed E-state index contributed by atoms with van der Waals surface area (Å²) in [4.78, 5) is 2.51. The smallest absolute Gasteiger partial charge is 0.118 e. The summed E-state index contributed by atoms with van der Waals surface area (Å²) in [5.41, 5.74) is 7.37. The van der Waals surface area contributed by atoms with E-state index in [4.69, 9.17) is 10.5 Å². The Balaban J connectivity index is 2.64.